The third-order valence-electron chi connectivity index (χ3n) is 7.02. The van der Waals surface area contributed by atoms with Crippen molar-refractivity contribution >= 4 is 41.1 Å². The molecule has 5 heteroatoms. The Labute approximate surface area is 213 Å². The molecule has 3 aromatic rings. The van der Waals surface area contributed by atoms with Gasteiger partial charge in [0.2, 0.25) is 0 Å². The molecular weight excluding hydrogens is 475 g/mol. The summed E-state index contributed by atoms with van der Waals surface area (Å²) in [5.41, 5.74) is 6.43. The van der Waals surface area contributed by atoms with Crippen molar-refractivity contribution in [1.82, 2.24) is 10.3 Å². The number of nitrogens with one attached hydrogen (secondary N) is 1. The molecule has 2 aromatic carbocycles. The van der Waals surface area contributed by atoms with Gasteiger partial charge in [0.25, 0.3) is 0 Å². The zero-order chi connectivity index (χ0) is 23.9. The van der Waals surface area contributed by atoms with Gasteiger partial charge in [0.1, 0.15) is 5.15 Å². The van der Waals surface area contributed by atoms with E-state index in [1.807, 2.05) is 24.4 Å². The topological polar surface area (TPSA) is 42.0 Å². The van der Waals surface area contributed by atoms with Gasteiger partial charge in [-0.15, -0.1) is 0 Å². The molecule has 0 saturated carbocycles. The van der Waals surface area contributed by atoms with Gasteiger partial charge in [0.15, 0.2) is 5.78 Å². The van der Waals surface area contributed by atoms with Gasteiger partial charge in [-0.25, -0.2) is 4.98 Å². The Hall–Kier alpha value is -3.40. The van der Waals surface area contributed by atoms with Crippen molar-refractivity contribution in [2.45, 2.75) is 18.8 Å². The number of benzene rings is 2. The van der Waals surface area contributed by atoms with Crippen LogP contribution in [-0.2, 0) is 6.42 Å². The molecule has 0 spiro atoms. The summed E-state index contributed by atoms with van der Waals surface area (Å²) in [4.78, 5) is 17.9. The first-order valence-corrected chi connectivity index (χ1v) is 12.4. The van der Waals surface area contributed by atoms with Gasteiger partial charge in [0, 0.05) is 29.9 Å². The maximum atomic E-state index is 13.8. The van der Waals surface area contributed by atoms with Crippen molar-refractivity contribution in [3.63, 3.8) is 0 Å². The zero-order valence-electron chi connectivity index (χ0n) is 18.8. The number of hydrogen-bond donors (Lipinski definition) is 1. The molecule has 3 nitrogen and oxygen atoms in total. The molecule has 35 heavy (non-hydrogen) atoms. The van der Waals surface area contributed by atoms with Gasteiger partial charge in [-0.05, 0) is 63.8 Å². The van der Waals surface area contributed by atoms with Crippen molar-refractivity contribution in [1.29, 1.82) is 0 Å². The first-order valence-electron chi connectivity index (χ1n) is 11.7. The molecule has 0 fully saturated rings. The van der Waals surface area contributed by atoms with E-state index in [1.165, 1.54) is 33.7 Å². The molecule has 2 unspecified atom stereocenters. The second-order valence-corrected chi connectivity index (χ2v) is 9.82. The van der Waals surface area contributed by atoms with E-state index in [4.69, 9.17) is 23.2 Å². The highest BCUT2D eigenvalue weighted by atomic mass is 35.5. The minimum absolute atomic E-state index is 0.0261. The summed E-state index contributed by atoms with van der Waals surface area (Å²) in [5.74, 6) is -0.394. The highest BCUT2D eigenvalue weighted by Gasteiger charge is 2.32. The van der Waals surface area contributed by atoms with Gasteiger partial charge >= 0.3 is 0 Å². The van der Waals surface area contributed by atoms with Crippen molar-refractivity contribution in [2.24, 2.45) is 5.92 Å². The van der Waals surface area contributed by atoms with E-state index in [9.17, 15) is 4.79 Å². The molecular formula is C30H22Cl2N2O. The first-order chi connectivity index (χ1) is 17.1. The van der Waals surface area contributed by atoms with Crippen molar-refractivity contribution in [3.05, 3.63) is 122 Å². The van der Waals surface area contributed by atoms with E-state index in [1.54, 1.807) is 6.07 Å². The minimum atomic E-state index is -0.360. The number of pyridine rings is 1. The molecule has 2 heterocycles. The molecule has 6 rings (SSSR count). The second kappa shape index (κ2) is 8.99. The van der Waals surface area contributed by atoms with E-state index in [-0.39, 0.29) is 22.8 Å². The summed E-state index contributed by atoms with van der Waals surface area (Å²) in [7, 11) is 0. The fraction of sp³-hybridized carbons (Fsp3) is 0.133. The highest BCUT2D eigenvalue weighted by Crippen LogP contribution is 2.36. The van der Waals surface area contributed by atoms with E-state index in [0.29, 0.717) is 17.0 Å². The molecule has 2 atom stereocenters. The van der Waals surface area contributed by atoms with Crippen LogP contribution in [0.5, 0.6) is 0 Å². The number of hydrogen-bond acceptors (Lipinski definition) is 3. The summed E-state index contributed by atoms with van der Waals surface area (Å²) in [6.45, 7) is 0. The SMILES string of the molecule is O=C(c1cc(Cl)cnc1Cl)C1C=c2c(ccc3c2=CCc2ccccc2-3)C(C2=CC=CC=CN2)C1. The molecule has 3 aliphatic rings. The number of ketones is 1. The predicted octanol–water partition coefficient (Wildman–Crippen LogP) is 5.72. The summed E-state index contributed by atoms with van der Waals surface area (Å²) < 4.78 is 0. The smallest absolute Gasteiger partial charge is 0.172 e. The number of rotatable bonds is 3. The minimum Gasteiger partial charge on any atom is -0.364 e. The molecule has 1 aliphatic heterocycles. The number of halogens is 2. The predicted molar refractivity (Wildman–Crippen MR) is 143 cm³/mol. The number of nitrogens with zero attached hydrogens (tertiary/aromatic N) is 1. The summed E-state index contributed by atoms with van der Waals surface area (Å²) in [6, 6.07) is 14.6. The van der Waals surface area contributed by atoms with Gasteiger partial charge in [-0.2, -0.15) is 0 Å². The van der Waals surface area contributed by atoms with Crippen LogP contribution in [0.3, 0.4) is 0 Å². The van der Waals surface area contributed by atoms with Crippen LogP contribution in [0.2, 0.25) is 10.2 Å². The third kappa shape index (κ3) is 3.95. The Balaban J connectivity index is 1.55. The van der Waals surface area contributed by atoms with Crippen LogP contribution in [0.15, 0.2) is 84.9 Å². The first kappa shape index (κ1) is 22.1. The number of aromatic nitrogens is 1. The monoisotopic (exact) mass is 496 g/mol. The summed E-state index contributed by atoms with van der Waals surface area (Å²) >= 11 is 12.5. The Bertz CT molecular complexity index is 1580. The van der Waals surface area contributed by atoms with Crippen LogP contribution in [-0.4, -0.2) is 10.8 Å². The maximum Gasteiger partial charge on any atom is 0.172 e. The van der Waals surface area contributed by atoms with Gasteiger partial charge in [0.05, 0.1) is 10.6 Å². The Morgan fingerprint density at radius 2 is 1.89 bits per heavy atom. The second-order valence-electron chi connectivity index (χ2n) is 9.02. The molecule has 2 aliphatic carbocycles. The van der Waals surface area contributed by atoms with Crippen LogP contribution in [0.4, 0.5) is 0 Å². The van der Waals surface area contributed by atoms with Gasteiger partial charge in [-0.3, -0.25) is 4.79 Å². The Morgan fingerprint density at radius 3 is 2.80 bits per heavy atom. The Morgan fingerprint density at radius 1 is 1.00 bits per heavy atom. The molecule has 0 radical (unpaired) electrons. The molecule has 0 amide bonds. The lowest BCUT2D eigenvalue weighted by molar-refractivity contribution is 0.0943. The maximum absolute atomic E-state index is 13.8. The molecule has 0 bridgehead atoms. The van der Waals surface area contributed by atoms with Crippen LogP contribution < -0.4 is 15.8 Å². The molecule has 172 valence electrons. The van der Waals surface area contributed by atoms with Crippen LogP contribution in [0.1, 0.15) is 33.8 Å². The van der Waals surface area contributed by atoms with E-state index in [2.05, 4.69) is 64.9 Å². The normalized spacial score (nSPS) is 19.7. The molecule has 0 saturated heterocycles. The lowest BCUT2D eigenvalue weighted by Gasteiger charge is -2.30. The third-order valence-corrected chi connectivity index (χ3v) is 7.52. The highest BCUT2D eigenvalue weighted by molar-refractivity contribution is 6.35. The number of carbonyl (C=O) groups excluding carboxylic acids is 1. The number of fused-ring (bicyclic) bond motifs is 5. The van der Waals surface area contributed by atoms with Crippen LogP contribution in [0.25, 0.3) is 23.3 Å². The zero-order valence-corrected chi connectivity index (χ0v) is 20.4. The van der Waals surface area contributed by atoms with E-state index >= 15 is 0 Å². The van der Waals surface area contributed by atoms with Crippen LogP contribution >= 0.6 is 23.2 Å². The van der Waals surface area contributed by atoms with Crippen molar-refractivity contribution in [3.8, 4) is 11.1 Å². The average Bonchev–Trinajstić information content (AvgIpc) is 3.18. The molecule has 1 N–H and O–H groups in total. The lowest BCUT2D eigenvalue weighted by Crippen LogP contribution is -2.40. The molecule has 1 aromatic heterocycles. The summed E-state index contributed by atoms with van der Waals surface area (Å²) in [5, 5.41) is 6.33. The van der Waals surface area contributed by atoms with Crippen molar-refractivity contribution < 1.29 is 4.79 Å². The largest absolute Gasteiger partial charge is 0.364 e. The average molecular weight is 497 g/mol. The van der Waals surface area contributed by atoms with E-state index < -0.39 is 0 Å². The van der Waals surface area contributed by atoms with Gasteiger partial charge < -0.3 is 5.32 Å². The van der Waals surface area contributed by atoms with Crippen LogP contribution in [0, 0.1) is 5.92 Å². The Kier molecular flexibility index (Phi) is 5.68. The lowest BCUT2D eigenvalue weighted by atomic mass is 9.75. The van der Waals surface area contributed by atoms with E-state index in [0.717, 1.165) is 17.3 Å². The fourth-order valence-electron chi connectivity index (χ4n) is 5.38. The fourth-order valence-corrected chi connectivity index (χ4v) is 5.74. The number of allylic oxidation sites excluding steroid dienone is 5. The summed E-state index contributed by atoms with van der Waals surface area (Å²) in [6.07, 6.45) is 17.4. The number of carbonyl (C=O) groups is 1. The number of Topliss-reactive ketones (excluding diaryl/α,β-unsaturated/α-hetero) is 1. The quantitative estimate of drug-likeness (QED) is 0.372. The van der Waals surface area contributed by atoms with Crippen molar-refractivity contribution in [2.75, 3.05) is 0 Å². The standard InChI is InChI=1S/C30H22Cl2N2O/c31-20-16-27(30(32)34-17-20)29(35)19-14-25-23-10-9-18-6-3-4-7-21(18)22(23)11-12-24(25)26(15-19)28-8-2-1-5-13-33-28/h1-8,10-14,16-17,19,26,33H,9,15H2. The van der Waals surface area contributed by atoms with Gasteiger partial charge in [-0.1, -0.05) is 83.9 Å².